The van der Waals surface area contributed by atoms with Crippen LogP contribution in [0, 0.1) is 0 Å². The van der Waals surface area contributed by atoms with Crippen LogP contribution in [0.25, 0.3) is 0 Å². The van der Waals surface area contributed by atoms with Gasteiger partial charge in [0.15, 0.2) is 17.6 Å². The summed E-state index contributed by atoms with van der Waals surface area (Å²) in [6.45, 7) is -0.289. The van der Waals surface area contributed by atoms with Gasteiger partial charge >= 0.3 is 5.97 Å². The van der Waals surface area contributed by atoms with Crippen LogP contribution in [0.3, 0.4) is 0 Å². The molecule has 0 aromatic heterocycles. The van der Waals surface area contributed by atoms with E-state index in [0.29, 0.717) is 29.7 Å². The normalized spacial score (nSPS) is 24.6. The first-order valence-electron chi connectivity index (χ1n) is 11.9. The lowest BCUT2D eigenvalue weighted by Gasteiger charge is -2.38. The number of aliphatic hydroxyl groups is 2. The van der Waals surface area contributed by atoms with E-state index < -0.39 is 36.7 Å². The van der Waals surface area contributed by atoms with Gasteiger partial charge in [0.2, 0.25) is 6.29 Å². The van der Waals surface area contributed by atoms with Gasteiger partial charge in [-0.2, -0.15) is 0 Å². The average molecular weight is 526 g/mol. The maximum atomic E-state index is 12.7. The number of esters is 1. The Balaban J connectivity index is 1.38. The fourth-order valence-electron chi connectivity index (χ4n) is 4.43. The molecule has 2 heterocycles. The molecular formula is C27H26O11. The lowest BCUT2D eigenvalue weighted by molar-refractivity contribution is -0.241. The van der Waals surface area contributed by atoms with E-state index in [1.807, 2.05) is 0 Å². The molecule has 5 rings (SSSR count). The van der Waals surface area contributed by atoms with Crippen LogP contribution in [0.1, 0.15) is 34.0 Å². The van der Waals surface area contributed by atoms with Crippen molar-refractivity contribution in [3.8, 4) is 34.5 Å². The van der Waals surface area contributed by atoms with E-state index in [9.17, 15) is 35.4 Å². The van der Waals surface area contributed by atoms with Crippen molar-refractivity contribution in [3.63, 3.8) is 0 Å². The van der Waals surface area contributed by atoms with Gasteiger partial charge in [-0.1, -0.05) is 6.07 Å². The first kappa shape index (κ1) is 25.5. The van der Waals surface area contributed by atoms with Gasteiger partial charge in [-0.05, 0) is 54.8 Å². The Kier molecular flexibility index (Phi) is 6.89. The third kappa shape index (κ3) is 5.12. The molecule has 0 spiro atoms. The van der Waals surface area contributed by atoms with Crippen molar-refractivity contribution >= 4 is 5.97 Å². The van der Waals surface area contributed by atoms with E-state index in [1.165, 1.54) is 48.5 Å². The van der Waals surface area contributed by atoms with Gasteiger partial charge in [-0.3, -0.25) is 0 Å². The van der Waals surface area contributed by atoms with Gasteiger partial charge in [0.1, 0.15) is 41.3 Å². The molecule has 11 nitrogen and oxygen atoms in total. The number of carbonyl (C=O) groups excluding carboxylic acids is 1. The zero-order valence-electron chi connectivity index (χ0n) is 19.9. The quantitative estimate of drug-likeness (QED) is 0.212. The minimum atomic E-state index is -1.52. The van der Waals surface area contributed by atoms with Crippen molar-refractivity contribution in [3.05, 3.63) is 71.3 Å². The van der Waals surface area contributed by atoms with E-state index in [-0.39, 0.29) is 40.9 Å². The van der Waals surface area contributed by atoms with Crippen molar-refractivity contribution in [1.29, 1.82) is 0 Å². The van der Waals surface area contributed by atoms with Gasteiger partial charge in [-0.25, -0.2) is 4.79 Å². The van der Waals surface area contributed by atoms with E-state index >= 15 is 0 Å². The van der Waals surface area contributed by atoms with E-state index in [2.05, 4.69) is 0 Å². The summed E-state index contributed by atoms with van der Waals surface area (Å²) >= 11 is 0. The Morgan fingerprint density at radius 1 is 0.895 bits per heavy atom. The average Bonchev–Trinajstić information content (AvgIpc) is 2.89. The molecule has 38 heavy (non-hydrogen) atoms. The minimum Gasteiger partial charge on any atom is -0.508 e. The topological polar surface area (TPSA) is 175 Å². The fourth-order valence-corrected chi connectivity index (χ4v) is 4.43. The van der Waals surface area contributed by atoms with Crippen molar-refractivity contribution in [2.24, 2.45) is 0 Å². The molecule has 3 aromatic rings. The number of aromatic hydroxyl groups is 4. The largest absolute Gasteiger partial charge is 0.508 e. The Hall–Kier alpha value is -4.19. The predicted molar refractivity (Wildman–Crippen MR) is 129 cm³/mol. The molecule has 2 aliphatic rings. The molecular weight excluding hydrogens is 500 g/mol. The number of carbonyl (C=O) groups is 1. The third-order valence-electron chi connectivity index (χ3n) is 6.47. The highest BCUT2D eigenvalue weighted by Gasteiger charge is 2.44. The number of phenols is 4. The smallest absolute Gasteiger partial charge is 0.338 e. The van der Waals surface area contributed by atoms with Gasteiger partial charge in [-0.15, -0.1) is 0 Å². The van der Waals surface area contributed by atoms with Gasteiger partial charge < -0.3 is 49.6 Å². The van der Waals surface area contributed by atoms with E-state index in [4.69, 9.17) is 18.9 Å². The van der Waals surface area contributed by atoms with Crippen molar-refractivity contribution in [1.82, 2.24) is 0 Å². The summed E-state index contributed by atoms with van der Waals surface area (Å²) in [5.74, 6) is -1.09. The van der Waals surface area contributed by atoms with Crippen LogP contribution in [-0.4, -0.2) is 67.8 Å². The number of rotatable bonds is 5. The monoisotopic (exact) mass is 526 g/mol. The molecule has 1 saturated heterocycles. The Labute approximate surface area is 216 Å². The van der Waals surface area contributed by atoms with Crippen LogP contribution in [-0.2, 0) is 15.9 Å². The standard InChI is InChI=1S/C27H26O11/c28-15-4-1-13(2-5-15)26(34)38-25-24(33)20(32)12-35-27(25)37-23-11-16(29)10-22-17(23)6-8-21(36-22)14-3-7-18(30)19(31)9-14/h1-5,7,9-11,20-21,24-25,27-33H,6,8,12H2. The highest BCUT2D eigenvalue weighted by molar-refractivity contribution is 5.89. The highest BCUT2D eigenvalue weighted by atomic mass is 16.7. The SMILES string of the molecule is O=C(OC1C(Oc2cc(O)cc3c2CCC(c2ccc(O)c(O)c2)O3)OCC(O)C1O)c1ccc(O)cc1. The molecule has 3 aromatic carbocycles. The highest BCUT2D eigenvalue weighted by Crippen LogP contribution is 2.44. The summed E-state index contributed by atoms with van der Waals surface area (Å²) in [4.78, 5) is 12.7. The molecule has 5 atom stereocenters. The number of hydrogen-bond acceptors (Lipinski definition) is 11. The maximum absolute atomic E-state index is 12.7. The Bertz CT molecular complexity index is 1320. The molecule has 0 saturated carbocycles. The van der Waals surface area contributed by atoms with Crippen molar-refractivity contribution in [2.45, 2.75) is 43.5 Å². The second kappa shape index (κ2) is 10.3. The summed E-state index contributed by atoms with van der Waals surface area (Å²) in [6.07, 6.45) is -5.16. The van der Waals surface area contributed by atoms with Crippen molar-refractivity contribution < 1.29 is 54.4 Å². The van der Waals surface area contributed by atoms with Crippen LogP contribution in [0.4, 0.5) is 0 Å². The first-order chi connectivity index (χ1) is 18.2. The van der Waals surface area contributed by atoms with Gasteiger partial charge in [0.05, 0.1) is 12.2 Å². The number of benzene rings is 3. The number of aliphatic hydroxyl groups excluding tert-OH is 2. The number of ether oxygens (including phenoxy) is 4. The zero-order valence-corrected chi connectivity index (χ0v) is 19.9. The lowest BCUT2D eigenvalue weighted by Crippen LogP contribution is -2.56. The molecule has 1 fully saturated rings. The third-order valence-corrected chi connectivity index (χ3v) is 6.47. The van der Waals surface area contributed by atoms with Crippen LogP contribution in [0.15, 0.2) is 54.6 Å². The molecule has 5 unspecified atom stereocenters. The minimum absolute atomic E-state index is 0.0421. The van der Waals surface area contributed by atoms with E-state index in [1.54, 1.807) is 6.07 Å². The summed E-state index contributed by atoms with van der Waals surface area (Å²) in [6, 6.07) is 12.4. The molecule has 200 valence electrons. The molecule has 0 aliphatic carbocycles. The summed E-state index contributed by atoms with van der Waals surface area (Å²) in [7, 11) is 0. The zero-order chi connectivity index (χ0) is 27.0. The van der Waals surface area contributed by atoms with Crippen LogP contribution in [0.2, 0.25) is 0 Å². The molecule has 0 amide bonds. The second-order valence-corrected chi connectivity index (χ2v) is 9.11. The summed E-state index contributed by atoms with van der Waals surface area (Å²) in [5.41, 5.74) is 1.32. The summed E-state index contributed by atoms with van der Waals surface area (Å²) in [5, 5.41) is 59.9. The molecule has 11 heteroatoms. The molecule has 6 N–H and O–H groups in total. The lowest BCUT2D eigenvalue weighted by atomic mass is 9.96. The van der Waals surface area contributed by atoms with Crippen LogP contribution >= 0.6 is 0 Å². The predicted octanol–water partition coefficient (Wildman–Crippen LogP) is 2.26. The first-order valence-corrected chi connectivity index (χ1v) is 11.9. The van der Waals surface area contributed by atoms with Crippen molar-refractivity contribution in [2.75, 3.05) is 6.61 Å². The molecule has 0 radical (unpaired) electrons. The number of phenolic OH excluding ortho intramolecular Hbond substituents is 4. The fraction of sp³-hybridized carbons (Fsp3) is 0.296. The Morgan fingerprint density at radius 2 is 1.66 bits per heavy atom. The van der Waals surface area contributed by atoms with Crippen LogP contribution in [0.5, 0.6) is 34.5 Å². The second-order valence-electron chi connectivity index (χ2n) is 9.11. The number of hydrogen-bond donors (Lipinski definition) is 6. The van der Waals surface area contributed by atoms with Gasteiger partial charge in [0, 0.05) is 17.7 Å². The Morgan fingerprint density at radius 3 is 2.39 bits per heavy atom. The molecule has 0 bridgehead atoms. The molecule has 2 aliphatic heterocycles. The number of fused-ring (bicyclic) bond motifs is 1. The van der Waals surface area contributed by atoms with Gasteiger partial charge in [0.25, 0.3) is 0 Å². The maximum Gasteiger partial charge on any atom is 0.338 e. The summed E-state index contributed by atoms with van der Waals surface area (Å²) < 4.78 is 23.0. The van der Waals surface area contributed by atoms with E-state index in [0.717, 1.165) is 0 Å². The van der Waals surface area contributed by atoms with Crippen LogP contribution < -0.4 is 9.47 Å².